The molecule has 1 atom stereocenters. The van der Waals surface area contributed by atoms with Gasteiger partial charge in [0.1, 0.15) is 12.6 Å². The topological polar surface area (TPSA) is 105 Å². The fourth-order valence-electron chi connectivity index (χ4n) is 4.35. The zero-order chi connectivity index (χ0) is 24.9. The van der Waals surface area contributed by atoms with Gasteiger partial charge < -0.3 is 20.5 Å². The minimum atomic E-state index is -1.44. The second kappa shape index (κ2) is 10.4. The van der Waals surface area contributed by atoms with Gasteiger partial charge in [-0.15, -0.1) is 0 Å². The molecule has 0 radical (unpaired) electrons. The van der Waals surface area contributed by atoms with E-state index in [1.54, 1.807) is 0 Å². The minimum absolute atomic E-state index is 0.0929. The molecule has 0 bridgehead atoms. The molecule has 0 aromatic heterocycles. The number of hydrogen-bond donors (Lipinski definition) is 3. The second-order valence-corrected chi connectivity index (χ2v) is 8.27. The summed E-state index contributed by atoms with van der Waals surface area (Å²) in [6, 6.07) is 18.6. The highest BCUT2D eigenvalue weighted by molar-refractivity contribution is 5.98. The van der Waals surface area contributed by atoms with E-state index in [1.165, 1.54) is 12.1 Å². The van der Waals surface area contributed by atoms with Crippen LogP contribution in [0.5, 0.6) is 0 Å². The lowest BCUT2D eigenvalue weighted by Crippen LogP contribution is -2.44. The molecule has 0 unspecified atom stereocenters. The van der Waals surface area contributed by atoms with Crippen LogP contribution < -0.4 is 10.6 Å². The quantitative estimate of drug-likeness (QED) is 0.416. The van der Waals surface area contributed by atoms with Gasteiger partial charge in [0.15, 0.2) is 5.82 Å². The van der Waals surface area contributed by atoms with Crippen LogP contribution in [-0.2, 0) is 9.53 Å². The molecule has 0 heterocycles. The zero-order valence-corrected chi connectivity index (χ0v) is 19.1. The third-order valence-electron chi connectivity index (χ3n) is 6.02. The molecule has 7 nitrogen and oxygen atoms in total. The molecular formula is C27H25FN2O5. The highest BCUT2D eigenvalue weighted by Crippen LogP contribution is 2.44. The smallest absolute Gasteiger partial charge is 0.407 e. The van der Waals surface area contributed by atoms with Gasteiger partial charge in [0, 0.05) is 5.92 Å². The van der Waals surface area contributed by atoms with Gasteiger partial charge >= 0.3 is 12.1 Å². The van der Waals surface area contributed by atoms with Crippen LogP contribution in [-0.4, -0.2) is 35.7 Å². The Morgan fingerprint density at radius 2 is 1.60 bits per heavy atom. The average Bonchev–Trinajstić information content (AvgIpc) is 3.17. The molecule has 4 rings (SSSR count). The number of carboxylic acids is 1. The largest absolute Gasteiger partial charge is 0.478 e. The Hall–Kier alpha value is -4.20. The van der Waals surface area contributed by atoms with Gasteiger partial charge in [-0.05, 0) is 40.8 Å². The Bertz CT molecular complexity index is 1230. The zero-order valence-electron chi connectivity index (χ0n) is 19.1. The van der Waals surface area contributed by atoms with Crippen molar-refractivity contribution in [2.75, 3.05) is 11.9 Å². The number of ether oxygens (including phenoxy) is 1. The van der Waals surface area contributed by atoms with Gasteiger partial charge in [0.25, 0.3) is 0 Å². The third-order valence-corrected chi connectivity index (χ3v) is 6.02. The summed E-state index contributed by atoms with van der Waals surface area (Å²) in [7, 11) is 0. The standard InChI is InChI=1S/C27H25FN2O5/c1-2-8-23(25(31)29-22-14-7-13-20(24(22)28)26(32)33)30-27(34)35-15-21-18-11-5-3-9-16(18)17-10-4-6-12-19(17)21/h3-7,9-14,21,23H,2,8,15H2,1H3,(H,29,31)(H,30,34)(H,32,33)/t23-/m1/s1. The molecule has 0 spiro atoms. The SMILES string of the molecule is CCC[C@@H](NC(=O)OCC1c2ccccc2-c2ccccc21)C(=O)Nc1cccc(C(=O)O)c1F. The van der Waals surface area contributed by atoms with E-state index in [4.69, 9.17) is 9.84 Å². The lowest BCUT2D eigenvalue weighted by molar-refractivity contribution is -0.118. The molecule has 35 heavy (non-hydrogen) atoms. The van der Waals surface area contributed by atoms with Gasteiger partial charge in [0.2, 0.25) is 5.91 Å². The van der Waals surface area contributed by atoms with E-state index in [1.807, 2.05) is 55.5 Å². The van der Waals surface area contributed by atoms with Gasteiger partial charge in [-0.3, -0.25) is 4.79 Å². The summed E-state index contributed by atoms with van der Waals surface area (Å²) >= 11 is 0. The van der Waals surface area contributed by atoms with E-state index in [0.29, 0.717) is 6.42 Å². The summed E-state index contributed by atoms with van der Waals surface area (Å²) in [6.07, 6.45) is 0.0931. The molecule has 2 amide bonds. The molecule has 180 valence electrons. The van der Waals surface area contributed by atoms with Crippen LogP contribution >= 0.6 is 0 Å². The van der Waals surface area contributed by atoms with E-state index in [9.17, 15) is 18.8 Å². The molecule has 0 saturated carbocycles. The predicted molar refractivity (Wildman–Crippen MR) is 129 cm³/mol. The first-order valence-electron chi connectivity index (χ1n) is 11.3. The number of fused-ring (bicyclic) bond motifs is 3. The van der Waals surface area contributed by atoms with Crippen molar-refractivity contribution in [3.63, 3.8) is 0 Å². The molecule has 3 aromatic rings. The molecule has 0 fully saturated rings. The Balaban J connectivity index is 1.42. The van der Waals surface area contributed by atoms with E-state index < -0.39 is 35.4 Å². The predicted octanol–water partition coefficient (Wildman–Crippen LogP) is 5.17. The van der Waals surface area contributed by atoms with Crippen molar-refractivity contribution in [2.45, 2.75) is 31.7 Å². The monoisotopic (exact) mass is 476 g/mol. The molecule has 1 aliphatic carbocycles. The maximum Gasteiger partial charge on any atom is 0.407 e. The maximum atomic E-state index is 14.4. The number of hydrogen-bond acceptors (Lipinski definition) is 4. The number of carbonyl (C=O) groups excluding carboxylic acids is 2. The van der Waals surface area contributed by atoms with Crippen LogP contribution in [0.2, 0.25) is 0 Å². The van der Waals surface area contributed by atoms with E-state index >= 15 is 0 Å². The van der Waals surface area contributed by atoms with E-state index in [0.717, 1.165) is 28.3 Å². The first kappa shape index (κ1) is 23.9. The van der Waals surface area contributed by atoms with Gasteiger partial charge in [0.05, 0.1) is 11.3 Å². The van der Waals surface area contributed by atoms with Gasteiger partial charge in [-0.1, -0.05) is 67.9 Å². The molecule has 3 aromatic carbocycles. The van der Waals surface area contributed by atoms with Crippen LogP contribution in [0, 0.1) is 5.82 Å². The second-order valence-electron chi connectivity index (χ2n) is 8.27. The van der Waals surface area contributed by atoms with Crippen molar-refractivity contribution in [1.82, 2.24) is 5.32 Å². The number of aromatic carboxylic acids is 1. The van der Waals surface area contributed by atoms with Crippen LogP contribution in [0.1, 0.15) is 47.2 Å². The number of rotatable bonds is 8. The third kappa shape index (κ3) is 5.01. The number of benzene rings is 3. The molecule has 0 saturated heterocycles. The maximum absolute atomic E-state index is 14.4. The van der Waals surface area contributed by atoms with Crippen molar-refractivity contribution in [2.24, 2.45) is 0 Å². The van der Waals surface area contributed by atoms with Crippen molar-refractivity contribution >= 4 is 23.7 Å². The number of halogens is 1. The Morgan fingerprint density at radius 3 is 2.20 bits per heavy atom. The highest BCUT2D eigenvalue weighted by atomic mass is 19.1. The van der Waals surface area contributed by atoms with E-state index in [2.05, 4.69) is 10.6 Å². The normalized spacial score (nSPS) is 12.9. The van der Waals surface area contributed by atoms with Crippen LogP contribution in [0.4, 0.5) is 14.9 Å². The Kier molecular flexibility index (Phi) is 7.10. The molecule has 0 aliphatic heterocycles. The number of amides is 2. The number of anilines is 1. The van der Waals surface area contributed by atoms with Crippen LogP contribution in [0.3, 0.4) is 0 Å². The molecule has 3 N–H and O–H groups in total. The fraction of sp³-hybridized carbons (Fsp3) is 0.222. The van der Waals surface area contributed by atoms with Gasteiger partial charge in [-0.2, -0.15) is 0 Å². The van der Waals surface area contributed by atoms with Crippen LogP contribution in [0.15, 0.2) is 66.7 Å². The van der Waals surface area contributed by atoms with Crippen molar-refractivity contribution < 1.29 is 28.6 Å². The summed E-state index contributed by atoms with van der Waals surface area (Å²) in [5, 5.41) is 14.0. The Morgan fingerprint density at radius 1 is 0.971 bits per heavy atom. The summed E-state index contributed by atoms with van der Waals surface area (Å²) in [4.78, 5) is 36.5. The van der Waals surface area contributed by atoms with E-state index in [-0.39, 0.29) is 24.6 Å². The molecular weight excluding hydrogens is 451 g/mol. The van der Waals surface area contributed by atoms with Crippen LogP contribution in [0.25, 0.3) is 11.1 Å². The molecule has 1 aliphatic rings. The number of carboxylic acid groups (broad SMARTS) is 1. The highest BCUT2D eigenvalue weighted by Gasteiger charge is 2.30. The summed E-state index contributed by atoms with van der Waals surface area (Å²) in [5.41, 5.74) is 3.51. The van der Waals surface area contributed by atoms with Gasteiger partial charge in [-0.25, -0.2) is 14.0 Å². The lowest BCUT2D eigenvalue weighted by atomic mass is 9.98. The fourth-order valence-corrected chi connectivity index (χ4v) is 4.35. The summed E-state index contributed by atoms with van der Waals surface area (Å²) in [5.74, 6) is -3.29. The number of nitrogens with one attached hydrogen (secondary N) is 2. The number of carbonyl (C=O) groups is 3. The van der Waals surface area contributed by atoms with Crippen molar-refractivity contribution in [3.05, 3.63) is 89.2 Å². The summed E-state index contributed by atoms with van der Waals surface area (Å²) < 4.78 is 19.9. The first-order valence-corrected chi connectivity index (χ1v) is 11.3. The Labute approximate surface area is 201 Å². The van der Waals surface area contributed by atoms with Crippen molar-refractivity contribution in [3.8, 4) is 11.1 Å². The van der Waals surface area contributed by atoms with Crippen molar-refractivity contribution in [1.29, 1.82) is 0 Å². The first-order chi connectivity index (χ1) is 16.9. The average molecular weight is 477 g/mol. The summed E-state index contributed by atoms with van der Waals surface area (Å²) in [6.45, 7) is 1.93. The minimum Gasteiger partial charge on any atom is -0.478 e. The lowest BCUT2D eigenvalue weighted by Gasteiger charge is -2.19. The molecule has 8 heteroatoms. The number of alkyl carbamates (subject to hydrolysis) is 1.